The summed E-state index contributed by atoms with van der Waals surface area (Å²) in [6, 6.07) is 6.15. The molecule has 0 bridgehead atoms. The molecule has 0 spiro atoms. The summed E-state index contributed by atoms with van der Waals surface area (Å²) in [7, 11) is 0. The second-order valence-corrected chi connectivity index (χ2v) is 5.06. The van der Waals surface area contributed by atoms with Crippen LogP contribution in [0.25, 0.3) is 0 Å². The monoisotopic (exact) mass is 224 g/mol. The zero-order chi connectivity index (χ0) is 11.1. The molecule has 84 valence electrons. The van der Waals surface area contributed by atoms with Crippen LogP contribution in [0.5, 0.6) is 0 Å². The lowest BCUT2D eigenvalue weighted by Gasteiger charge is -2.08. The summed E-state index contributed by atoms with van der Waals surface area (Å²) in [6.45, 7) is 6.23. The molecular formula is C12H20N2S. The van der Waals surface area contributed by atoms with Crippen molar-refractivity contribution in [2.75, 3.05) is 12.8 Å². The fourth-order valence-corrected chi connectivity index (χ4v) is 1.69. The highest BCUT2D eigenvalue weighted by Gasteiger charge is 1.98. The molecule has 0 fully saturated rings. The Hall–Kier alpha value is -0.540. The number of aromatic nitrogens is 1. The average molecular weight is 224 g/mol. The van der Waals surface area contributed by atoms with E-state index in [4.69, 9.17) is 0 Å². The number of hydrogen-bond acceptors (Lipinski definition) is 3. The van der Waals surface area contributed by atoms with Crippen LogP contribution in [0.3, 0.4) is 0 Å². The van der Waals surface area contributed by atoms with Crippen molar-refractivity contribution in [3.8, 4) is 0 Å². The Balaban J connectivity index is 2.20. The van der Waals surface area contributed by atoms with Crippen molar-refractivity contribution in [1.29, 1.82) is 0 Å². The molecule has 1 aromatic rings. The number of nitrogens with one attached hydrogen (secondary N) is 1. The van der Waals surface area contributed by atoms with Gasteiger partial charge in [-0.25, -0.2) is 0 Å². The van der Waals surface area contributed by atoms with Crippen LogP contribution < -0.4 is 5.32 Å². The summed E-state index contributed by atoms with van der Waals surface area (Å²) in [5, 5.41) is 4.16. The molecule has 0 aromatic carbocycles. The summed E-state index contributed by atoms with van der Waals surface area (Å²) >= 11 is 1.92. The predicted octanol–water partition coefficient (Wildman–Crippen LogP) is 2.62. The van der Waals surface area contributed by atoms with E-state index in [2.05, 4.69) is 35.6 Å². The fraction of sp³-hybridized carbons (Fsp3) is 0.583. The van der Waals surface area contributed by atoms with Gasteiger partial charge in [-0.3, -0.25) is 4.98 Å². The highest BCUT2D eigenvalue weighted by molar-refractivity contribution is 7.99. The van der Waals surface area contributed by atoms with Gasteiger partial charge >= 0.3 is 0 Å². The summed E-state index contributed by atoms with van der Waals surface area (Å²) in [6.07, 6.45) is 3.37. The van der Waals surface area contributed by atoms with E-state index in [1.54, 1.807) is 0 Å². The first-order valence-corrected chi connectivity index (χ1v) is 6.67. The van der Waals surface area contributed by atoms with Crippen molar-refractivity contribution >= 4 is 11.8 Å². The van der Waals surface area contributed by atoms with Gasteiger partial charge in [-0.2, -0.15) is 11.8 Å². The molecule has 3 heteroatoms. The summed E-state index contributed by atoms with van der Waals surface area (Å²) in [5.74, 6) is 0. The van der Waals surface area contributed by atoms with Crippen molar-refractivity contribution in [2.45, 2.75) is 32.1 Å². The van der Waals surface area contributed by atoms with Crippen LogP contribution in [0.1, 0.15) is 24.7 Å². The van der Waals surface area contributed by atoms with Crippen molar-refractivity contribution in [1.82, 2.24) is 10.3 Å². The number of thioether (sulfide) groups is 1. The predicted molar refractivity (Wildman–Crippen MR) is 68.3 cm³/mol. The van der Waals surface area contributed by atoms with Crippen LogP contribution in [0, 0.1) is 6.92 Å². The molecule has 0 aliphatic carbocycles. The van der Waals surface area contributed by atoms with Gasteiger partial charge in [-0.05, 0) is 38.3 Å². The molecule has 1 rings (SSSR count). The summed E-state index contributed by atoms with van der Waals surface area (Å²) < 4.78 is 0. The summed E-state index contributed by atoms with van der Waals surface area (Å²) in [4.78, 5) is 4.44. The van der Waals surface area contributed by atoms with Gasteiger partial charge < -0.3 is 5.32 Å². The van der Waals surface area contributed by atoms with Crippen LogP contribution in [-0.4, -0.2) is 23.0 Å². The molecule has 2 nitrogen and oxygen atoms in total. The van der Waals surface area contributed by atoms with E-state index in [1.807, 2.05) is 24.8 Å². The molecule has 15 heavy (non-hydrogen) atoms. The van der Waals surface area contributed by atoms with Crippen LogP contribution >= 0.6 is 11.8 Å². The van der Waals surface area contributed by atoms with Gasteiger partial charge in [0.1, 0.15) is 0 Å². The molecule has 0 radical (unpaired) electrons. The molecule has 1 N–H and O–H groups in total. The lowest BCUT2D eigenvalue weighted by molar-refractivity contribution is 0.638. The molecule has 1 unspecified atom stereocenters. The Bertz CT molecular complexity index is 289. The molecular weight excluding hydrogens is 204 g/mol. The third-order valence-corrected chi connectivity index (χ3v) is 3.42. The van der Waals surface area contributed by atoms with Gasteiger partial charge in [0.25, 0.3) is 0 Å². The Morgan fingerprint density at radius 3 is 2.93 bits per heavy atom. The van der Waals surface area contributed by atoms with Crippen molar-refractivity contribution in [3.63, 3.8) is 0 Å². The van der Waals surface area contributed by atoms with Gasteiger partial charge in [0, 0.05) is 17.5 Å². The Morgan fingerprint density at radius 1 is 1.47 bits per heavy atom. The molecule has 0 aliphatic rings. The van der Waals surface area contributed by atoms with Crippen LogP contribution in [0.4, 0.5) is 0 Å². The lowest BCUT2D eigenvalue weighted by Crippen LogP contribution is -2.18. The largest absolute Gasteiger partial charge is 0.311 e. The number of hydrogen-bond donors (Lipinski definition) is 1. The Morgan fingerprint density at radius 2 is 2.27 bits per heavy atom. The van der Waals surface area contributed by atoms with Crippen LogP contribution in [0.2, 0.25) is 0 Å². The third kappa shape index (κ3) is 5.19. The first-order valence-electron chi connectivity index (χ1n) is 5.38. The zero-order valence-electron chi connectivity index (χ0n) is 9.79. The van der Waals surface area contributed by atoms with Crippen molar-refractivity contribution < 1.29 is 0 Å². The number of rotatable bonds is 6. The first kappa shape index (κ1) is 12.5. The SMILES string of the molecule is CSC(C)CCNCc1cccc(C)n1. The normalized spacial score (nSPS) is 12.7. The molecule has 0 aliphatic heterocycles. The molecule has 1 atom stereocenters. The molecule has 1 aromatic heterocycles. The van der Waals surface area contributed by atoms with Crippen molar-refractivity contribution in [3.05, 3.63) is 29.6 Å². The topological polar surface area (TPSA) is 24.9 Å². The maximum atomic E-state index is 4.44. The van der Waals surface area contributed by atoms with Gasteiger partial charge in [-0.15, -0.1) is 0 Å². The second-order valence-electron chi connectivity index (χ2n) is 3.78. The smallest absolute Gasteiger partial charge is 0.0544 e. The highest BCUT2D eigenvalue weighted by atomic mass is 32.2. The van der Waals surface area contributed by atoms with Crippen LogP contribution in [-0.2, 0) is 6.54 Å². The van der Waals surface area contributed by atoms with Crippen molar-refractivity contribution in [2.24, 2.45) is 0 Å². The number of nitrogens with zero attached hydrogens (tertiary/aromatic N) is 1. The molecule has 1 heterocycles. The lowest BCUT2D eigenvalue weighted by atomic mass is 10.3. The van der Waals surface area contributed by atoms with Gasteiger partial charge in [0.2, 0.25) is 0 Å². The van der Waals surface area contributed by atoms with E-state index in [1.165, 1.54) is 6.42 Å². The minimum absolute atomic E-state index is 0.739. The maximum absolute atomic E-state index is 4.44. The minimum Gasteiger partial charge on any atom is -0.311 e. The Kier molecular flexibility index (Phi) is 5.73. The van der Waals surface area contributed by atoms with E-state index in [0.29, 0.717) is 0 Å². The van der Waals surface area contributed by atoms with Crippen LogP contribution in [0.15, 0.2) is 18.2 Å². The average Bonchev–Trinajstić information content (AvgIpc) is 2.24. The van der Waals surface area contributed by atoms with E-state index >= 15 is 0 Å². The Labute approximate surface area is 96.9 Å². The summed E-state index contributed by atoms with van der Waals surface area (Å²) in [5.41, 5.74) is 2.22. The second kappa shape index (κ2) is 6.85. The highest BCUT2D eigenvalue weighted by Crippen LogP contribution is 2.08. The van der Waals surface area contributed by atoms with Gasteiger partial charge in [0.15, 0.2) is 0 Å². The standard InChI is InChI=1S/C12H20N2S/c1-10-5-4-6-12(14-10)9-13-8-7-11(2)15-3/h4-6,11,13H,7-9H2,1-3H3. The molecule has 0 amide bonds. The van der Waals surface area contributed by atoms with E-state index in [-0.39, 0.29) is 0 Å². The fourth-order valence-electron chi connectivity index (χ4n) is 1.34. The molecule has 0 saturated carbocycles. The minimum atomic E-state index is 0.739. The number of pyridine rings is 1. The maximum Gasteiger partial charge on any atom is 0.0544 e. The van der Waals surface area contributed by atoms with Gasteiger partial charge in [-0.1, -0.05) is 13.0 Å². The molecule has 0 saturated heterocycles. The zero-order valence-corrected chi connectivity index (χ0v) is 10.6. The first-order chi connectivity index (χ1) is 7.22. The van der Waals surface area contributed by atoms with Gasteiger partial charge in [0.05, 0.1) is 5.69 Å². The number of aryl methyl sites for hydroxylation is 1. The quantitative estimate of drug-likeness (QED) is 0.752. The van der Waals surface area contributed by atoms with E-state index in [0.717, 1.165) is 29.7 Å². The van der Waals surface area contributed by atoms with E-state index < -0.39 is 0 Å². The van der Waals surface area contributed by atoms with E-state index in [9.17, 15) is 0 Å². The third-order valence-electron chi connectivity index (χ3n) is 2.38.